The lowest BCUT2D eigenvalue weighted by atomic mass is 9.98. The van der Waals surface area contributed by atoms with E-state index in [0.717, 1.165) is 12.8 Å². The second-order valence-corrected chi connectivity index (χ2v) is 6.28. The molecular formula is C10H18N6O3S. The van der Waals surface area contributed by atoms with Crippen molar-refractivity contribution < 1.29 is 13.2 Å². The molecule has 1 aliphatic rings. The summed E-state index contributed by atoms with van der Waals surface area (Å²) in [6, 6.07) is 0. The molecule has 0 spiro atoms. The van der Waals surface area contributed by atoms with E-state index < -0.39 is 10.2 Å². The lowest BCUT2D eigenvalue weighted by Crippen LogP contribution is -2.45. The van der Waals surface area contributed by atoms with Crippen LogP contribution in [0.1, 0.15) is 29.3 Å². The summed E-state index contributed by atoms with van der Waals surface area (Å²) in [5.74, 6) is 0.529. The van der Waals surface area contributed by atoms with E-state index in [4.69, 9.17) is 5.14 Å². The molecular weight excluding hydrogens is 284 g/mol. The number of piperidine rings is 1. The standard InChI is InChI=1S/C10H18N6O3S/c1-7-13-9(15-14-7)10(17)16-4-2-3-8(6-16)5-12-20(11,18)19/h8,12H,2-6H2,1H3,(H2,11,18,19)(H,13,14,15). The van der Waals surface area contributed by atoms with E-state index in [2.05, 4.69) is 19.9 Å². The number of aromatic amines is 1. The molecule has 0 aliphatic carbocycles. The fourth-order valence-corrected chi connectivity index (χ4v) is 2.70. The first kappa shape index (κ1) is 14.9. The van der Waals surface area contributed by atoms with Crippen LogP contribution < -0.4 is 9.86 Å². The molecule has 9 nitrogen and oxygen atoms in total. The van der Waals surface area contributed by atoms with Gasteiger partial charge in [0.15, 0.2) is 0 Å². The van der Waals surface area contributed by atoms with Crippen LogP contribution in [0.2, 0.25) is 0 Å². The summed E-state index contributed by atoms with van der Waals surface area (Å²) in [7, 11) is -3.69. The van der Waals surface area contributed by atoms with Gasteiger partial charge in [0.1, 0.15) is 5.82 Å². The number of likely N-dealkylation sites (tertiary alicyclic amines) is 1. The molecule has 10 heteroatoms. The van der Waals surface area contributed by atoms with Gasteiger partial charge in [0, 0.05) is 19.6 Å². The first-order valence-electron chi connectivity index (χ1n) is 6.31. The van der Waals surface area contributed by atoms with Crippen molar-refractivity contribution in [2.24, 2.45) is 11.1 Å². The summed E-state index contributed by atoms with van der Waals surface area (Å²) in [6.07, 6.45) is 1.66. The van der Waals surface area contributed by atoms with Gasteiger partial charge in [0.05, 0.1) is 0 Å². The molecule has 0 saturated carbocycles. The third kappa shape index (κ3) is 3.99. The molecule has 1 amide bonds. The van der Waals surface area contributed by atoms with Gasteiger partial charge in [-0.15, -0.1) is 5.10 Å². The summed E-state index contributed by atoms with van der Waals surface area (Å²) in [6.45, 7) is 3.04. The molecule has 1 unspecified atom stereocenters. The lowest BCUT2D eigenvalue weighted by Gasteiger charge is -2.31. The Bertz CT molecular complexity index is 584. The third-order valence-corrected chi connectivity index (χ3v) is 3.74. The quantitative estimate of drug-likeness (QED) is 0.639. The first-order valence-corrected chi connectivity index (χ1v) is 7.85. The number of nitrogens with two attached hydrogens (primary N) is 1. The van der Waals surface area contributed by atoms with E-state index in [1.165, 1.54) is 0 Å². The molecule has 0 aromatic carbocycles. The molecule has 2 heterocycles. The van der Waals surface area contributed by atoms with Crippen molar-refractivity contribution in [2.45, 2.75) is 19.8 Å². The normalized spacial score (nSPS) is 20.1. The Kier molecular flexibility index (Phi) is 4.35. The zero-order chi connectivity index (χ0) is 14.8. The minimum Gasteiger partial charge on any atom is -0.336 e. The Morgan fingerprint density at radius 1 is 1.60 bits per heavy atom. The number of aromatic nitrogens is 3. The molecule has 0 radical (unpaired) electrons. The van der Waals surface area contributed by atoms with E-state index in [0.29, 0.717) is 18.9 Å². The van der Waals surface area contributed by atoms with Gasteiger partial charge in [0.25, 0.3) is 16.1 Å². The zero-order valence-electron chi connectivity index (χ0n) is 11.2. The predicted molar refractivity (Wildman–Crippen MR) is 70.9 cm³/mol. The highest BCUT2D eigenvalue weighted by molar-refractivity contribution is 7.87. The summed E-state index contributed by atoms with van der Waals surface area (Å²) < 4.78 is 24.0. The molecule has 1 saturated heterocycles. The predicted octanol–water partition coefficient (Wildman–Crippen LogP) is -1.24. The largest absolute Gasteiger partial charge is 0.336 e. The summed E-state index contributed by atoms with van der Waals surface area (Å²) >= 11 is 0. The van der Waals surface area contributed by atoms with Crippen LogP contribution in [0.15, 0.2) is 0 Å². The van der Waals surface area contributed by atoms with Crippen LogP contribution in [0, 0.1) is 12.8 Å². The Morgan fingerprint density at radius 2 is 2.35 bits per heavy atom. The van der Waals surface area contributed by atoms with Crippen molar-refractivity contribution in [1.29, 1.82) is 0 Å². The smallest absolute Gasteiger partial charge is 0.293 e. The second-order valence-electron chi connectivity index (χ2n) is 4.90. The maximum absolute atomic E-state index is 12.2. The fourth-order valence-electron chi connectivity index (χ4n) is 2.23. The monoisotopic (exact) mass is 302 g/mol. The molecule has 1 atom stereocenters. The molecule has 0 bridgehead atoms. The maximum Gasteiger partial charge on any atom is 0.293 e. The highest BCUT2D eigenvalue weighted by atomic mass is 32.2. The van der Waals surface area contributed by atoms with E-state index in [9.17, 15) is 13.2 Å². The summed E-state index contributed by atoms with van der Waals surface area (Å²) in [5, 5.41) is 11.4. The number of carbonyl (C=O) groups excluding carboxylic acids is 1. The molecule has 1 aromatic heterocycles. The molecule has 112 valence electrons. The van der Waals surface area contributed by atoms with Gasteiger partial charge < -0.3 is 4.90 Å². The van der Waals surface area contributed by atoms with Crippen LogP contribution in [0.4, 0.5) is 0 Å². The van der Waals surface area contributed by atoms with Crippen LogP contribution >= 0.6 is 0 Å². The Morgan fingerprint density at radius 3 is 2.95 bits per heavy atom. The Labute approximate surface area is 117 Å². The van der Waals surface area contributed by atoms with Gasteiger partial charge in [-0.3, -0.25) is 9.89 Å². The molecule has 1 fully saturated rings. The van der Waals surface area contributed by atoms with Gasteiger partial charge >= 0.3 is 0 Å². The first-order chi connectivity index (χ1) is 9.35. The minimum absolute atomic E-state index is 0.0473. The van der Waals surface area contributed by atoms with Crippen LogP contribution in [0.25, 0.3) is 0 Å². The van der Waals surface area contributed by atoms with Gasteiger partial charge in [0.2, 0.25) is 5.82 Å². The zero-order valence-corrected chi connectivity index (χ0v) is 12.0. The van der Waals surface area contributed by atoms with Crippen molar-refractivity contribution in [3.63, 3.8) is 0 Å². The number of aryl methyl sites for hydroxylation is 1. The number of carbonyl (C=O) groups is 1. The number of H-pyrrole nitrogens is 1. The lowest BCUT2D eigenvalue weighted by molar-refractivity contribution is 0.0664. The highest BCUT2D eigenvalue weighted by Gasteiger charge is 2.27. The van der Waals surface area contributed by atoms with Gasteiger partial charge in [-0.25, -0.2) is 14.8 Å². The van der Waals surface area contributed by atoms with Crippen molar-refractivity contribution in [1.82, 2.24) is 24.8 Å². The Hall–Kier alpha value is -1.52. The Balaban J connectivity index is 1.94. The van der Waals surface area contributed by atoms with Crippen molar-refractivity contribution in [2.75, 3.05) is 19.6 Å². The summed E-state index contributed by atoms with van der Waals surface area (Å²) in [5.41, 5.74) is 0. The topological polar surface area (TPSA) is 134 Å². The second kappa shape index (κ2) is 5.85. The number of hydrogen-bond donors (Lipinski definition) is 3. The number of amides is 1. The van der Waals surface area contributed by atoms with Crippen LogP contribution in [-0.2, 0) is 10.2 Å². The van der Waals surface area contributed by atoms with Crippen molar-refractivity contribution in [3.05, 3.63) is 11.6 Å². The average Bonchev–Trinajstić information content (AvgIpc) is 2.82. The maximum atomic E-state index is 12.2. The van der Waals surface area contributed by atoms with E-state index >= 15 is 0 Å². The minimum atomic E-state index is -3.69. The summed E-state index contributed by atoms with van der Waals surface area (Å²) in [4.78, 5) is 17.8. The van der Waals surface area contributed by atoms with Crippen molar-refractivity contribution >= 4 is 16.1 Å². The van der Waals surface area contributed by atoms with Gasteiger partial charge in [-0.1, -0.05) is 0 Å². The average molecular weight is 302 g/mol. The highest BCUT2D eigenvalue weighted by Crippen LogP contribution is 2.17. The number of rotatable bonds is 4. The number of hydrogen-bond acceptors (Lipinski definition) is 5. The molecule has 2 rings (SSSR count). The number of nitrogens with zero attached hydrogens (tertiary/aromatic N) is 3. The van der Waals surface area contributed by atoms with E-state index in [-0.39, 0.29) is 24.2 Å². The van der Waals surface area contributed by atoms with E-state index in [1.54, 1.807) is 11.8 Å². The van der Waals surface area contributed by atoms with Crippen LogP contribution in [0.5, 0.6) is 0 Å². The number of nitrogens with one attached hydrogen (secondary N) is 2. The van der Waals surface area contributed by atoms with Crippen LogP contribution in [-0.4, -0.2) is 54.0 Å². The van der Waals surface area contributed by atoms with Crippen molar-refractivity contribution in [3.8, 4) is 0 Å². The molecule has 1 aromatic rings. The molecule has 4 N–H and O–H groups in total. The SMILES string of the molecule is Cc1nc(C(=O)N2CCCC(CNS(N)(=O)=O)C2)n[nH]1. The van der Waals surface area contributed by atoms with Crippen LogP contribution in [0.3, 0.4) is 0 Å². The molecule has 1 aliphatic heterocycles. The third-order valence-electron chi connectivity index (χ3n) is 3.17. The fraction of sp³-hybridized carbons (Fsp3) is 0.700. The van der Waals surface area contributed by atoms with E-state index in [1.807, 2.05) is 0 Å². The molecule has 20 heavy (non-hydrogen) atoms. The van der Waals surface area contributed by atoms with Gasteiger partial charge in [-0.2, -0.15) is 8.42 Å². The van der Waals surface area contributed by atoms with Gasteiger partial charge in [-0.05, 0) is 25.7 Å².